The molecule has 3 N–H and O–H groups in total. The molecule has 0 bridgehead atoms. The van der Waals surface area contributed by atoms with Crippen LogP contribution in [0, 0.1) is 5.92 Å². The van der Waals surface area contributed by atoms with Crippen LogP contribution in [-0.2, 0) is 0 Å². The van der Waals surface area contributed by atoms with Gasteiger partial charge in [-0.1, -0.05) is 25.6 Å². The summed E-state index contributed by atoms with van der Waals surface area (Å²) in [5, 5.41) is 5.13. The van der Waals surface area contributed by atoms with Gasteiger partial charge in [-0.25, -0.2) is 4.98 Å². The number of nitrogens with zero attached hydrogens (tertiary/aromatic N) is 2. The number of aromatic nitrogens is 1. The van der Waals surface area contributed by atoms with Crippen molar-refractivity contribution in [1.82, 2.24) is 10.3 Å². The van der Waals surface area contributed by atoms with Crippen LogP contribution in [0.1, 0.15) is 26.7 Å². The van der Waals surface area contributed by atoms with Crippen molar-refractivity contribution in [3.8, 4) is 0 Å². The van der Waals surface area contributed by atoms with Crippen molar-refractivity contribution in [2.75, 3.05) is 18.8 Å². The highest BCUT2D eigenvalue weighted by molar-refractivity contribution is 8.00. The summed E-state index contributed by atoms with van der Waals surface area (Å²) in [6.07, 6.45) is 3.98. The Morgan fingerprint density at radius 3 is 3.11 bits per heavy atom. The Labute approximate surface area is 117 Å². The van der Waals surface area contributed by atoms with Gasteiger partial charge in [-0.15, -0.1) is 11.3 Å². The molecule has 1 rings (SSSR count). The van der Waals surface area contributed by atoms with Gasteiger partial charge in [0.15, 0.2) is 5.96 Å². The fourth-order valence-corrected chi connectivity index (χ4v) is 2.88. The summed E-state index contributed by atoms with van der Waals surface area (Å²) in [6.45, 7) is 6.08. The summed E-state index contributed by atoms with van der Waals surface area (Å²) in [6, 6.07) is 0. The van der Waals surface area contributed by atoms with Crippen LogP contribution in [0.15, 0.2) is 20.9 Å². The van der Waals surface area contributed by atoms with E-state index in [0.29, 0.717) is 11.9 Å². The van der Waals surface area contributed by atoms with E-state index in [1.54, 1.807) is 23.1 Å². The van der Waals surface area contributed by atoms with E-state index in [1.807, 2.05) is 11.6 Å². The topological polar surface area (TPSA) is 63.3 Å². The molecule has 0 saturated heterocycles. The molecule has 18 heavy (non-hydrogen) atoms. The molecule has 1 heterocycles. The number of aliphatic imine (C=N–C) groups is 1. The number of hydrogen-bond donors (Lipinski definition) is 2. The number of nitrogens with two attached hydrogens (primary N) is 1. The van der Waals surface area contributed by atoms with Crippen molar-refractivity contribution in [3.05, 3.63) is 11.6 Å². The fraction of sp³-hybridized carbons (Fsp3) is 0.667. The number of rotatable bonds is 8. The molecule has 1 aromatic heterocycles. The molecule has 1 aromatic rings. The van der Waals surface area contributed by atoms with Crippen molar-refractivity contribution < 1.29 is 0 Å². The van der Waals surface area contributed by atoms with Gasteiger partial charge in [0.2, 0.25) is 0 Å². The summed E-state index contributed by atoms with van der Waals surface area (Å²) >= 11 is 3.46. The summed E-state index contributed by atoms with van der Waals surface area (Å²) < 4.78 is 1.13. The van der Waals surface area contributed by atoms with Crippen molar-refractivity contribution in [2.24, 2.45) is 16.6 Å². The predicted molar refractivity (Wildman–Crippen MR) is 81.4 cm³/mol. The highest BCUT2D eigenvalue weighted by atomic mass is 32.2. The van der Waals surface area contributed by atoms with Crippen molar-refractivity contribution in [2.45, 2.75) is 31.0 Å². The van der Waals surface area contributed by atoms with E-state index in [4.69, 9.17) is 5.73 Å². The van der Waals surface area contributed by atoms with Gasteiger partial charge in [-0.2, -0.15) is 0 Å². The van der Waals surface area contributed by atoms with Crippen molar-refractivity contribution >= 4 is 29.1 Å². The van der Waals surface area contributed by atoms with Crippen molar-refractivity contribution in [1.29, 1.82) is 0 Å². The zero-order chi connectivity index (χ0) is 13.2. The Balaban J connectivity index is 2.01. The van der Waals surface area contributed by atoms with Crippen LogP contribution in [-0.4, -0.2) is 29.8 Å². The monoisotopic (exact) mass is 286 g/mol. The lowest BCUT2D eigenvalue weighted by Crippen LogP contribution is -2.33. The molecule has 0 radical (unpaired) electrons. The van der Waals surface area contributed by atoms with Crippen LogP contribution in [0.3, 0.4) is 0 Å². The Morgan fingerprint density at radius 2 is 2.44 bits per heavy atom. The maximum atomic E-state index is 5.76. The molecular formula is C12H22N4S2. The third-order valence-corrected chi connectivity index (χ3v) is 4.30. The molecule has 6 heteroatoms. The van der Waals surface area contributed by atoms with E-state index in [0.717, 1.165) is 36.0 Å². The molecule has 0 aromatic carbocycles. The van der Waals surface area contributed by atoms with Gasteiger partial charge in [-0.05, 0) is 18.8 Å². The second-order valence-corrected chi connectivity index (χ2v) is 6.61. The lowest BCUT2D eigenvalue weighted by molar-refractivity contribution is 0.576. The third-order valence-electron chi connectivity index (χ3n) is 2.25. The van der Waals surface area contributed by atoms with E-state index in [-0.39, 0.29) is 0 Å². The van der Waals surface area contributed by atoms with Gasteiger partial charge in [0.05, 0.1) is 0 Å². The summed E-state index contributed by atoms with van der Waals surface area (Å²) in [5.41, 5.74) is 5.76. The largest absolute Gasteiger partial charge is 0.370 e. The first-order valence-corrected chi connectivity index (χ1v) is 8.11. The first-order chi connectivity index (χ1) is 8.68. The minimum atomic E-state index is 0.565. The number of nitrogens with one attached hydrogen (secondary N) is 1. The summed E-state index contributed by atoms with van der Waals surface area (Å²) in [7, 11) is 0. The first-order valence-electron chi connectivity index (χ1n) is 6.24. The minimum absolute atomic E-state index is 0.565. The van der Waals surface area contributed by atoms with E-state index >= 15 is 0 Å². The lowest BCUT2D eigenvalue weighted by atomic mass is 10.1. The minimum Gasteiger partial charge on any atom is -0.370 e. The molecule has 0 aliphatic rings. The van der Waals surface area contributed by atoms with Crippen molar-refractivity contribution in [3.63, 3.8) is 0 Å². The molecule has 0 spiro atoms. The molecule has 0 amide bonds. The molecule has 0 aliphatic carbocycles. The van der Waals surface area contributed by atoms with Crippen LogP contribution in [0.4, 0.5) is 0 Å². The summed E-state index contributed by atoms with van der Waals surface area (Å²) in [5.74, 6) is 2.30. The molecule has 0 aliphatic heterocycles. The molecule has 0 saturated carbocycles. The standard InChI is InChI=1S/C12H22N4S2/c1-10(2)4-6-15-11(13)14-5-3-8-17-12-16-7-9-18-12/h7,9-10H,3-6,8H2,1-2H3,(H3,13,14,15). The zero-order valence-electron chi connectivity index (χ0n) is 11.1. The highest BCUT2D eigenvalue weighted by Crippen LogP contribution is 2.20. The number of guanidine groups is 1. The Morgan fingerprint density at radius 1 is 1.61 bits per heavy atom. The van der Waals surface area contributed by atoms with E-state index < -0.39 is 0 Å². The van der Waals surface area contributed by atoms with Gasteiger partial charge < -0.3 is 11.1 Å². The molecule has 0 unspecified atom stereocenters. The number of thioether (sulfide) groups is 1. The van der Waals surface area contributed by atoms with E-state index in [2.05, 4.69) is 29.1 Å². The average Bonchev–Trinajstić information content (AvgIpc) is 2.81. The zero-order valence-corrected chi connectivity index (χ0v) is 12.7. The van der Waals surface area contributed by atoms with Gasteiger partial charge in [0.25, 0.3) is 0 Å². The molecular weight excluding hydrogens is 264 g/mol. The maximum absolute atomic E-state index is 5.76. The SMILES string of the molecule is CC(C)CCNC(N)=NCCCSc1nccs1. The van der Waals surface area contributed by atoms with Gasteiger partial charge in [-0.3, -0.25) is 4.99 Å². The number of hydrogen-bond acceptors (Lipinski definition) is 4. The highest BCUT2D eigenvalue weighted by Gasteiger charge is 1.97. The Kier molecular flexibility index (Phi) is 7.84. The second-order valence-electron chi connectivity index (χ2n) is 4.38. The predicted octanol–water partition coefficient (Wildman–Crippen LogP) is 2.58. The lowest BCUT2D eigenvalue weighted by Gasteiger charge is -2.07. The van der Waals surface area contributed by atoms with E-state index in [9.17, 15) is 0 Å². The normalized spacial score (nSPS) is 12.1. The second kappa shape index (κ2) is 9.22. The summed E-state index contributed by atoms with van der Waals surface area (Å²) in [4.78, 5) is 8.51. The van der Waals surface area contributed by atoms with Crippen LogP contribution >= 0.6 is 23.1 Å². The number of thiazole rings is 1. The smallest absolute Gasteiger partial charge is 0.188 e. The average molecular weight is 286 g/mol. The molecule has 102 valence electrons. The van der Waals surface area contributed by atoms with Crippen LogP contribution in [0.5, 0.6) is 0 Å². The van der Waals surface area contributed by atoms with Crippen LogP contribution in [0.2, 0.25) is 0 Å². The quantitative estimate of drug-likeness (QED) is 0.334. The van der Waals surface area contributed by atoms with Gasteiger partial charge in [0.1, 0.15) is 4.34 Å². The van der Waals surface area contributed by atoms with Gasteiger partial charge >= 0.3 is 0 Å². The maximum Gasteiger partial charge on any atom is 0.188 e. The first kappa shape index (κ1) is 15.3. The Bertz CT molecular complexity index is 336. The molecule has 0 fully saturated rings. The fourth-order valence-electron chi connectivity index (χ4n) is 1.25. The molecule has 0 atom stereocenters. The van der Waals surface area contributed by atoms with Gasteiger partial charge in [0, 0.05) is 30.4 Å². The van der Waals surface area contributed by atoms with Crippen LogP contribution in [0.25, 0.3) is 0 Å². The molecule has 4 nitrogen and oxygen atoms in total. The van der Waals surface area contributed by atoms with E-state index in [1.165, 1.54) is 0 Å². The van der Waals surface area contributed by atoms with Crippen LogP contribution < -0.4 is 11.1 Å². The third kappa shape index (κ3) is 7.55. The Hall–Kier alpha value is -0.750.